The molecule has 0 aliphatic carbocycles. The molecule has 0 atom stereocenters. The number of aromatic carboxylic acids is 1. The summed E-state index contributed by atoms with van der Waals surface area (Å²) in [6.07, 6.45) is 2.86. The molecule has 0 radical (unpaired) electrons. The molecule has 0 amide bonds. The van der Waals surface area contributed by atoms with Crippen molar-refractivity contribution < 1.29 is 9.90 Å². The highest BCUT2D eigenvalue weighted by Gasteiger charge is 2.27. The largest absolute Gasteiger partial charge is 0.478 e. The van der Waals surface area contributed by atoms with Crippen LogP contribution >= 0.6 is 0 Å². The number of carboxylic acids is 1. The van der Waals surface area contributed by atoms with E-state index in [0.29, 0.717) is 0 Å². The Labute approximate surface area is 135 Å². The smallest absolute Gasteiger partial charge is 0.335 e. The molecule has 2 aromatic rings. The molecule has 3 rings (SSSR count). The van der Waals surface area contributed by atoms with E-state index in [2.05, 4.69) is 36.3 Å². The Hall–Kier alpha value is -2.62. The highest BCUT2D eigenvalue weighted by Crippen LogP contribution is 2.38. The van der Waals surface area contributed by atoms with Gasteiger partial charge in [0.05, 0.1) is 11.3 Å². The van der Waals surface area contributed by atoms with Crippen molar-refractivity contribution in [1.82, 2.24) is 0 Å². The van der Waals surface area contributed by atoms with Gasteiger partial charge in [-0.2, -0.15) is 0 Å². The SMILES string of the molecule is CC1(C)CCNc2ccc(N=Cc3ccc(C(=O)O)cc3)cc21. The second-order valence-electron chi connectivity index (χ2n) is 6.48. The van der Waals surface area contributed by atoms with Crippen LogP contribution in [0.3, 0.4) is 0 Å². The van der Waals surface area contributed by atoms with Crippen LogP contribution in [0.15, 0.2) is 47.5 Å². The summed E-state index contributed by atoms with van der Waals surface area (Å²) in [4.78, 5) is 15.4. The number of aliphatic imine (C=N–C) groups is 1. The van der Waals surface area contributed by atoms with Crippen molar-refractivity contribution in [3.8, 4) is 0 Å². The molecule has 2 N–H and O–H groups in total. The van der Waals surface area contributed by atoms with E-state index in [0.717, 1.165) is 24.2 Å². The fraction of sp³-hybridized carbons (Fsp3) is 0.263. The van der Waals surface area contributed by atoms with Crippen LogP contribution in [-0.2, 0) is 5.41 Å². The Kier molecular flexibility index (Phi) is 3.90. The maximum Gasteiger partial charge on any atom is 0.335 e. The summed E-state index contributed by atoms with van der Waals surface area (Å²) in [7, 11) is 0. The molecule has 0 aromatic heterocycles. The molecule has 0 unspecified atom stereocenters. The summed E-state index contributed by atoms with van der Waals surface area (Å²) >= 11 is 0. The van der Waals surface area contributed by atoms with Crippen LogP contribution in [0.1, 0.15) is 41.8 Å². The summed E-state index contributed by atoms with van der Waals surface area (Å²) in [6.45, 7) is 5.51. The first-order chi connectivity index (χ1) is 11.0. The summed E-state index contributed by atoms with van der Waals surface area (Å²) in [5.74, 6) is -0.919. The summed E-state index contributed by atoms with van der Waals surface area (Å²) in [5.41, 5.74) is 4.69. The second-order valence-corrected chi connectivity index (χ2v) is 6.48. The predicted octanol–water partition coefficient (Wildman–Crippen LogP) is 4.23. The molecule has 0 fully saturated rings. The molecular formula is C19H20N2O2. The first-order valence-corrected chi connectivity index (χ1v) is 7.71. The minimum atomic E-state index is -0.919. The van der Waals surface area contributed by atoms with E-state index in [1.165, 1.54) is 11.3 Å². The maximum atomic E-state index is 10.8. The van der Waals surface area contributed by atoms with E-state index in [1.807, 2.05) is 6.07 Å². The number of carbonyl (C=O) groups is 1. The van der Waals surface area contributed by atoms with Gasteiger partial charge in [-0.1, -0.05) is 26.0 Å². The molecule has 23 heavy (non-hydrogen) atoms. The average molecular weight is 308 g/mol. The fourth-order valence-electron chi connectivity index (χ4n) is 2.83. The van der Waals surface area contributed by atoms with Gasteiger partial charge in [0.2, 0.25) is 0 Å². The topological polar surface area (TPSA) is 61.7 Å². The lowest BCUT2D eigenvalue weighted by Gasteiger charge is -2.33. The van der Waals surface area contributed by atoms with Gasteiger partial charge in [-0.15, -0.1) is 0 Å². The molecule has 0 saturated carbocycles. The van der Waals surface area contributed by atoms with Gasteiger partial charge >= 0.3 is 5.97 Å². The van der Waals surface area contributed by atoms with E-state index in [9.17, 15) is 4.79 Å². The van der Waals surface area contributed by atoms with E-state index in [4.69, 9.17) is 5.11 Å². The number of benzene rings is 2. The summed E-state index contributed by atoms with van der Waals surface area (Å²) < 4.78 is 0. The number of hydrogen-bond acceptors (Lipinski definition) is 3. The van der Waals surface area contributed by atoms with Crippen LogP contribution in [-0.4, -0.2) is 23.8 Å². The third-order valence-electron chi connectivity index (χ3n) is 4.32. The van der Waals surface area contributed by atoms with Crippen molar-refractivity contribution in [3.05, 3.63) is 59.2 Å². The predicted molar refractivity (Wildman–Crippen MR) is 93.2 cm³/mol. The number of nitrogens with zero attached hydrogens (tertiary/aromatic N) is 1. The Balaban J connectivity index is 1.84. The van der Waals surface area contributed by atoms with Crippen molar-refractivity contribution in [1.29, 1.82) is 0 Å². The lowest BCUT2D eigenvalue weighted by molar-refractivity contribution is 0.0697. The van der Waals surface area contributed by atoms with Crippen LogP contribution in [0.5, 0.6) is 0 Å². The average Bonchev–Trinajstić information content (AvgIpc) is 2.53. The lowest BCUT2D eigenvalue weighted by Crippen LogP contribution is -2.28. The van der Waals surface area contributed by atoms with Crippen LogP contribution in [0.4, 0.5) is 11.4 Å². The van der Waals surface area contributed by atoms with Gasteiger partial charge < -0.3 is 10.4 Å². The Morgan fingerprint density at radius 1 is 1.22 bits per heavy atom. The molecule has 0 spiro atoms. The molecule has 0 bridgehead atoms. The fourth-order valence-corrected chi connectivity index (χ4v) is 2.83. The summed E-state index contributed by atoms with van der Waals surface area (Å²) in [6, 6.07) is 12.9. The van der Waals surface area contributed by atoms with E-state index in [1.54, 1.807) is 30.5 Å². The standard InChI is InChI=1S/C19H20N2O2/c1-19(2)9-10-20-17-8-7-15(11-16(17)19)21-12-13-3-5-14(6-4-13)18(22)23/h3-8,11-12,20H,9-10H2,1-2H3,(H,22,23). The molecule has 1 aliphatic rings. The maximum absolute atomic E-state index is 10.8. The van der Waals surface area contributed by atoms with Gasteiger partial charge in [0.25, 0.3) is 0 Å². The van der Waals surface area contributed by atoms with Crippen LogP contribution < -0.4 is 5.32 Å². The number of carboxylic acid groups (broad SMARTS) is 1. The van der Waals surface area contributed by atoms with Gasteiger partial charge in [0.15, 0.2) is 0 Å². The van der Waals surface area contributed by atoms with Gasteiger partial charge in [0.1, 0.15) is 0 Å². The van der Waals surface area contributed by atoms with Crippen molar-refractivity contribution >= 4 is 23.6 Å². The van der Waals surface area contributed by atoms with E-state index < -0.39 is 5.97 Å². The van der Waals surface area contributed by atoms with Crippen molar-refractivity contribution in [2.45, 2.75) is 25.7 Å². The van der Waals surface area contributed by atoms with Crippen molar-refractivity contribution in [3.63, 3.8) is 0 Å². The molecule has 1 aliphatic heterocycles. The van der Waals surface area contributed by atoms with Gasteiger partial charge in [0, 0.05) is 18.4 Å². The highest BCUT2D eigenvalue weighted by atomic mass is 16.4. The van der Waals surface area contributed by atoms with Crippen LogP contribution in [0, 0.1) is 0 Å². The zero-order chi connectivity index (χ0) is 16.4. The Morgan fingerprint density at radius 2 is 1.96 bits per heavy atom. The zero-order valence-corrected chi connectivity index (χ0v) is 13.3. The molecule has 1 heterocycles. The Morgan fingerprint density at radius 3 is 2.65 bits per heavy atom. The molecule has 118 valence electrons. The molecule has 4 heteroatoms. The van der Waals surface area contributed by atoms with Crippen LogP contribution in [0.25, 0.3) is 0 Å². The number of fused-ring (bicyclic) bond motifs is 1. The van der Waals surface area contributed by atoms with Crippen molar-refractivity contribution in [2.24, 2.45) is 4.99 Å². The number of anilines is 1. The summed E-state index contributed by atoms with van der Waals surface area (Å²) in [5, 5.41) is 12.3. The first kappa shape index (κ1) is 15.3. The third-order valence-corrected chi connectivity index (χ3v) is 4.32. The highest BCUT2D eigenvalue weighted by molar-refractivity contribution is 5.89. The van der Waals surface area contributed by atoms with Crippen LogP contribution in [0.2, 0.25) is 0 Å². The van der Waals surface area contributed by atoms with Gasteiger partial charge in [-0.25, -0.2) is 4.79 Å². The van der Waals surface area contributed by atoms with Gasteiger partial charge in [-0.05, 0) is 53.3 Å². The monoisotopic (exact) mass is 308 g/mol. The number of hydrogen-bond donors (Lipinski definition) is 2. The second kappa shape index (κ2) is 5.88. The lowest BCUT2D eigenvalue weighted by atomic mass is 9.78. The molecule has 0 saturated heterocycles. The first-order valence-electron chi connectivity index (χ1n) is 7.71. The number of nitrogens with one attached hydrogen (secondary N) is 1. The zero-order valence-electron chi connectivity index (χ0n) is 13.3. The quantitative estimate of drug-likeness (QED) is 0.834. The molecule has 2 aromatic carbocycles. The third kappa shape index (κ3) is 3.26. The molecule has 4 nitrogen and oxygen atoms in total. The Bertz CT molecular complexity index is 761. The van der Waals surface area contributed by atoms with Gasteiger partial charge in [-0.3, -0.25) is 4.99 Å². The van der Waals surface area contributed by atoms with Crippen molar-refractivity contribution in [2.75, 3.05) is 11.9 Å². The van der Waals surface area contributed by atoms with E-state index >= 15 is 0 Å². The minimum absolute atomic E-state index is 0.148. The molecular weight excluding hydrogens is 288 g/mol. The minimum Gasteiger partial charge on any atom is -0.478 e. The number of rotatable bonds is 3. The normalized spacial score (nSPS) is 15.9. The van der Waals surface area contributed by atoms with E-state index in [-0.39, 0.29) is 11.0 Å².